The lowest BCUT2D eigenvalue weighted by Crippen LogP contribution is -2.37. The Morgan fingerprint density at radius 2 is 1.71 bits per heavy atom. The molecule has 2 fully saturated rings. The summed E-state index contributed by atoms with van der Waals surface area (Å²) in [5, 5.41) is 20.3. The van der Waals surface area contributed by atoms with E-state index in [2.05, 4.69) is 36.2 Å². The molecule has 4 aromatic rings. The van der Waals surface area contributed by atoms with Gasteiger partial charge in [0, 0.05) is 19.0 Å². The van der Waals surface area contributed by atoms with E-state index in [4.69, 9.17) is 9.47 Å². The van der Waals surface area contributed by atoms with Gasteiger partial charge in [-0.1, -0.05) is 48.5 Å². The molecule has 2 aromatic carbocycles. The van der Waals surface area contributed by atoms with Crippen molar-refractivity contribution < 1.29 is 29.0 Å². The van der Waals surface area contributed by atoms with Crippen LogP contribution in [0.25, 0.3) is 17.2 Å². The summed E-state index contributed by atoms with van der Waals surface area (Å²) in [6, 6.07) is 14.8. The number of fused-ring (bicyclic) bond motifs is 2. The van der Waals surface area contributed by atoms with Gasteiger partial charge in [0.05, 0.1) is 29.7 Å². The summed E-state index contributed by atoms with van der Waals surface area (Å²) in [5.41, 5.74) is 2.13. The predicted molar refractivity (Wildman–Crippen MR) is 165 cm³/mol. The lowest BCUT2D eigenvalue weighted by molar-refractivity contribution is -0.0496. The van der Waals surface area contributed by atoms with Crippen molar-refractivity contribution in [2.45, 2.75) is 37.9 Å². The molecule has 3 heterocycles. The molecule has 14 heteroatoms. The molecule has 45 heavy (non-hydrogen) atoms. The summed E-state index contributed by atoms with van der Waals surface area (Å²) < 4.78 is 14.7. The maximum absolute atomic E-state index is 12.8. The Morgan fingerprint density at radius 3 is 2.51 bits per heavy atom. The van der Waals surface area contributed by atoms with E-state index in [-0.39, 0.29) is 41.7 Å². The van der Waals surface area contributed by atoms with Gasteiger partial charge in [-0.25, -0.2) is 29.3 Å². The van der Waals surface area contributed by atoms with Crippen LogP contribution in [0, 0.1) is 5.92 Å². The first-order chi connectivity index (χ1) is 21.9. The molecule has 6 rings (SSSR count). The number of ether oxygens (including phenoxy) is 2. The molecule has 232 valence electrons. The lowest BCUT2D eigenvalue weighted by atomic mass is 10.1. The quantitative estimate of drug-likeness (QED) is 0.187. The number of nitrogens with zero attached hydrogens (tertiary/aromatic N) is 4. The molecule has 14 nitrogen and oxygen atoms in total. The third kappa shape index (κ3) is 6.46. The molecule has 0 spiro atoms. The minimum Gasteiger partial charge on any atom is -0.478 e. The van der Waals surface area contributed by atoms with Crippen molar-refractivity contribution in [1.82, 2.24) is 30.2 Å². The van der Waals surface area contributed by atoms with Crippen molar-refractivity contribution in [3.05, 3.63) is 84.5 Å². The number of benzene rings is 2. The van der Waals surface area contributed by atoms with E-state index in [1.165, 1.54) is 18.5 Å². The average Bonchev–Trinajstić information content (AvgIpc) is 3.74. The fourth-order valence-corrected chi connectivity index (χ4v) is 5.75. The number of anilines is 2. The van der Waals surface area contributed by atoms with Gasteiger partial charge in [-0.15, -0.1) is 0 Å². The number of carbonyl (C=O) groups is 3. The number of urea groups is 2. The fraction of sp³-hybridized carbons (Fsp3) is 0.290. The zero-order chi connectivity index (χ0) is 31.3. The summed E-state index contributed by atoms with van der Waals surface area (Å²) in [4.78, 5) is 49.8. The summed E-state index contributed by atoms with van der Waals surface area (Å²) in [5.74, 6) is -1.02. The van der Waals surface area contributed by atoms with Crippen LogP contribution in [0.4, 0.5) is 21.1 Å². The number of carbonyl (C=O) groups excluding carboxylic acids is 2. The SMILES string of the molecule is CCNC(=O)Nc1ncnc2c1ncn2C1CC(CNC(=O)Nc2ccccc2C(=O)O)C2O[C@H](C=Cc3ccccc3)OC21. The molecule has 5 atom stereocenters. The minimum atomic E-state index is -1.14. The number of hydrogen-bond donors (Lipinski definition) is 5. The second-order valence-corrected chi connectivity index (χ2v) is 10.6. The molecule has 1 saturated heterocycles. The largest absolute Gasteiger partial charge is 0.478 e. The van der Waals surface area contributed by atoms with E-state index >= 15 is 0 Å². The first-order valence-electron chi connectivity index (χ1n) is 14.5. The normalized spacial score (nSPS) is 22.3. The summed E-state index contributed by atoms with van der Waals surface area (Å²) in [6.45, 7) is 2.51. The van der Waals surface area contributed by atoms with E-state index in [0.29, 0.717) is 24.1 Å². The van der Waals surface area contributed by atoms with Crippen LogP contribution in [-0.2, 0) is 9.47 Å². The monoisotopic (exact) mass is 612 g/mol. The molecule has 1 saturated carbocycles. The van der Waals surface area contributed by atoms with Gasteiger partial charge in [-0.05, 0) is 37.1 Å². The number of aromatic carboxylic acids is 1. The first kappa shape index (κ1) is 29.7. The molecule has 0 bridgehead atoms. The van der Waals surface area contributed by atoms with Crippen molar-refractivity contribution in [1.29, 1.82) is 0 Å². The number of aromatic nitrogens is 4. The van der Waals surface area contributed by atoms with E-state index in [1.807, 2.05) is 54.0 Å². The number of hydrogen-bond acceptors (Lipinski definition) is 8. The van der Waals surface area contributed by atoms with Crippen molar-refractivity contribution >= 4 is 46.8 Å². The van der Waals surface area contributed by atoms with Gasteiger partial charge in [0.15, 0.2) is 23.3 Å². The van der Waals surface area contributed by atoms with Gasteiger partial charge in [0.2, 0.25) is 0 Å². The van der Waals surface area contributed by atoms with Crippen LogP contribution in [0.5, 0.6) is 0 Å². The third-order valence-electron chi connectivity index (χ3n) is 7.76. The van der Waals surface area contributed by atoms with E-state index in [1.54, 1.807) is 18.5 Å². The van der Waals surface area contributed by atoms with Crippen LogP contribution in [0.3, 0.4) is 0 Å². The van der Waals surface area contributed by atoms with Gasteiger partial charge in [-0.3, -0.25) is 5.32 Å². The number of carboxylic acids is 1. The van der Waals surface area contributed by atoms with Crippen LogP contribution >= 0.6 is 0 Å². The van der Waals surface area contributed by atoms with Gasteiger partial charge < -0.3 is 35.1 Å². The van der Waals surface area contributed by atoms with Gasteiger partial charge in [-0.2, -0.15) is 0 Å². The average molecular weight is 613 g/mol. The maximum atomic E-state index is 12.8. The Bertz CT molecular complexity index is 1730. The first-order valence-corrected chi connectivity index (χ1v) is 14.5. The lowest BCUT2D eigenvalue weighted by Gasteiger charge is -2.20. The standard InChI is InChI=1S/C31H32N8O6/c1-2-32-30(42)38-27-24-28(35-16-34-27)39(17-36-24)22-14-19(15-33-31(43)37-21-11-7-6-10-20(21)29(40)41)25-26(22)45-23(44-25)13-12-18-8-4-3-5-9-18/h3-13,16-17,19,22-23,25-26H,2,14-15H2,1H3,(H,40,41)(H2,33,37,43)(H2,32,34,35,38,42)/t19?,22?,23-,25?,26?/m0/s1. The topological polar surface area (TPSA) is 182 Å². The van der Waals surface area contributed by atoms with Crippen LogP contribution in [-0.4, -0.2) is 74.2 Å². The van der Waals surface area contributed by atoms with E-state index in [0.717, 1.165) is 5.56 Å². The van der Waals surface area contributed by atoms with Crippen molar-refractivity contribution in [3.8, 4) is 0 Å². The summed E-state index contributed by atoms with van der Waals surface area (Å²) >= 11 is 0. The molecule has 4 unspecified atom stereocenters. The molecular formula is C31H32N8O6. The minimum absolute atomic E-state index is 0.00998. The fourth-order valence-electron chi connectivity index (χ4n) is 5.75. The van der Waals surface area contributed by atoms with Crippen molar-refractivity contribution in [2.75, 3.05) is 23.7 Å². The number of nitrogens with one attached hydrogen (secondary N) is 4. The molecule has 0 radical (unpaired) electrons. The summed E-state index contributed by atoms with van der Waals surface area (Å²) in [6.07, 6.45) is 5.96. The van der Waals surface area contributed by atoms with Crippen LogP contribution < -0.4 is 21.3 Å². The molecule has 2 aromatic heterocycles. The third-order valence-corrected chi connectivity index (χ3v) is 7.76. The van der Waals surface area contributed by atoms with Gasteiger partial charge in [0.1, 0.15) is 12.4 Å². The number of carboxylic acid groups (broad SMARTS) is 1. The molecule has 2 aliphatic rings. The van der Waals surface area contributed by atoms with Crippen LogP contribution in [0.1, 0.15) is 35.3 Å². The van der Waals surface area contributed by atoms with E-state index in [9.17, 15) is 19.5 Å². The molecule has 1 aliphatic heterocycles. The predicted octanol–water partition coefficient (Wildman–Crippen LogP) is 3.87. The highest BCUT2D eigenvalue weighted by Gasteiger charge is 2.52. The Kier molecular flexibility index (Phi) is 8.66. The Balaban J connectivity index is 1.22. The highest BCUT2D eigenvalue weighted by molar-refractivity contribution is 6.00. The Labute approximate surface area is 257 Å². The molecule has 4 amide bonds. The number of imidazole rings is 1. The van der Waals surface area contributed by atoms with Crippen molar-refractivity contribution in [2.24, 2.45) is 5.92 Å². The Hall–Kier alpha value is -5.34. The molecule has 1 aliphatic carbocycles. The van der Waals surface area contributed by atoms with E-state index < -0.39 is 30.4 Å². The zero-order valence-corrected chi connectivity index (χ0v) is 24.3. The highest BCUT2D eigenvalue weighted by atomic mass is 16.7. The maximum Gasteiger partial charge on any atom is 0.337 e. The zero-order valence-electron chi connectivity index (χ0n) is 24.3. The second kappa shape index (κ2) is 13.1. The summed E-state index contributed by atoms with van der Waals surface area (Å²) in [7, 11) is 0. The van der Waals surface area contributed by atoms with Crippen LogP contribution in [0.15, 0.2) is 73.3 Å². The molecular weight excluding hydrogens is 580 g/mol. The highest BCUT2D eigenvalue weighted by Crippen LogP contribution is 2.45. The second-order valence-electron chi connectivity index (χ2n) is 10.6. The number of para-hydroxylation sites is 1. The van der Waals surface area contributed by atoms with Gasteiger partial charge >= 0.3 is 18.0 Å². The van der Waals surface area contributed by atoms with Gasteiger partial charge in [0.25, 0.3) is 0 Å². The smallest absolute Gasteiger partial charge is 0.337 e. The number of rotatable bonds is 9. The molecule has 5 N–H and O–H groups in total. The van der Waals surface area contributed by atoms with Crippen molar-refractivity contribution in [3.63, 3.8) is 0 Å². The Morgan fingerprint density at radius 1 is 0.956 bits per heavy atom. The van der Waals surface area contributed by atoms with Crippen LogP contribution in [0.2, 0.25) is 0 Å². The number of amides is 4.